The minimum absolute atomic E-state index is 0.0282. The molecule has 8 nitrogen and oxygen atoms in total. The number of nitriles is 1. The molecule has 2 unspecified atom stereocenters. The highest BCUT2D eigenvalue weighted by Gasteiger charge is 2.36. The summed E-state index contributed by atoms with van der Waals surface area (Å²) in [7, 11) is 0. The van der Waals surface area contributed by atoms with Crippen LogP contribution in [0.25, 0.3) is 6.08 Å². The van der Waals surface area contributed by atoms with Gasteiger partial charge in [-0.05, 0) is 58.1 Å². The van der Waals surface area contributed by atoms with Crippen LogP contribution < -0.4 is 10.5 Å². The highest BCUT2D eigenvalue weighted by atomic mass is 32.2. The second kappa shape index (κ2) is 12.7. The maximum absolute atomic E-state index is 13.5. The summed E-state index contributed by atoms with van der Waals surface area (Å²) >= 11 is 6.77. The molecule has 10 heteroatoms. The van der Waals surface area contributed by atoms with Crippen molar-refractivity contribution in [3.63, 3.8) is 0 Å². The molecule has 0 aromatic carbocycles. The number of thiocarbonyl (C=S) groups is 1. The van der Waals surface area contributed by atoms with Crippen molar-refractivity contribution in [3.8, 4) is 6.07 Å². The maximum Gasteiger partial charge on any atom is 0.310 e. The van der Waals surface area contributed by atoms with Gasteiger partial charge in [0.15, 0.2) is 0 Å². The van der Waals surface area contributed by atoms with Gasteiger partial charge >= 0.3 is 5.97 Å². The topological polar surface area (TPSA) is 95.6 Å². The largest absolute Gasteiger partial charge is 0.466 e. The van der Waals surface area contributed by atoms with Gasteiger partial charge in [0, 0.05) is 31.2 Å². The van der Waals surface area contributed by atoms with Crippen molar-refractivity contribution in [1.29, 1.82) is 5.26 Å². The minimum Gasteiger partial charge on any atom is -0.466 e. The molecule has 3 heterocycles. The van der Waals surface area contributed by atoms with Gasteiger partial charge in [-0.1, -0.05) is 44.2 Å². The molecule has 0 bridgehead atoms. The molecule has 3 rings (SSSR count). The van der Waals surface area contributed by atoms with Crippen LogP contribution >= 0.6 is 24.0 Å². The number of carbonyl (C=O) groups excluding carboxylic acids is 2. The lowest BCUT2D eigenvalue weighted by Gasteiger charge is -2.36. The molecule has 0 spiro atoms. The van der Waals surface area contributed by atoms with E-state index in [-0.39, 0.29) is 35.0 Å². The Hall–Kier alpha value is -2.64. The normalized spacial score (nSPS) is 19.9. The summed E-state index contributed by atoms with van der Waals surface area (Å²) in [6.45, 7) is 11.4. The first-order valence-corrected chi connectivity index (χ1v) is 14.3. The molecule has 200 valence electrons. The molecule has 0 N–H and O–H groups in total. The van der Waals surface area contributed by atoms with Crippen LogP contribution in [0, 0.1) is 24.2 Å². The Morgan fingerprint density at radius 2 is 2.05 bits per heavy atom. The quantitative estimate of drug-likeness (QED) is 0.253. The number of piperidine rings is 1. The molecule has 2 saturated heterocycles. The van der Waals surface area contributed by atoms with E-state index in [4.69, 9.17) is 17.0 Å². The summed E-state index contributed by atoms with van der Waals surface area (Å²) in [5.41, 5.74) is 0.914. The van der Waals surface area contributed by atoms with Crippen molar-refractivity contribution in [1.82, 2.24) is 9.47 Å². The van der Waals surface area contributed by atoms with Crippen molar-refractivity contribution in [2.45, 2.75) is 79.3 Å². The Kier molecular flexibility index (Phi) is 9.96. The summed E-state index contributed by atoms with van der Waals surface area (Å²) < 4.78 is 7.46. The van der Waals surface area contributed by atoms with Crippen LogP contribution in [0.4, 0.5) is 5.82 Å². The number of rotatable bonds is 9. The number of carbonyl (C=O) groups is 2. The first kappa shape index (κ1) is 28.9. The van der Waals surface area contributed by atoms with E-state index in [1.54, 1.807) is 29.4 Å². The first-order chi connectivity index (χ1) is 17.7. The Labute approximate surface area is 228 Å². The molecule has 1 aromatic heterocycles. The second-order valence-electron chi connectivity index (χ2n) is 9.51. The standard InChI is InChI=1S/C27H36N4O4S2/c1-6-9-13-30-23(29-12-10-11-19(16-29)26(34)35-8-3)20(18(5)21(15-28)24(30)32)14-22-25(33)31(17(4)7-2)27(36)37-22/h14,17,19H,6-13,16H2,1-5H3/b22-14+. The molecule has 37 heavy (non-hydrogen) atoms. The van der Waals surface area contributed by atoms with Crippen LogP contribution in [0.3, 0.4) is 0 Å². The smallest absolute Gasteiger partial charge is 0.310 e. The monoisotopic (exact) mass is 544 g/mol. The fourth-order valence-electron chi connectivity index (χ4n) is 4.80. The van der Waals surface area contributed by atoms with Gasteiger partial charge in [0.1, 0.15) is 21.8 Å². The zero-order valence-electron chi connectivity index (χ0n) is 22.3. The van der Waals surface area contributed by atoms with E-state index in [0.717, 1.165) is 25.7 Å². The SMILES string of the molecule is CCCCn1c(N2CCCC(C(=O)OCC)C2)c(/C=C2/SC(=S)N(C(C)CC)C2=O)c(C)c(C#N)c1=O. The van der Waals surface area contributed by atoms with E-state index in [2.05, 4.69) is 11.0 Å². The summed E-state index contributed by atoms with van der Waals surface area (Å²) in [6.07, 6.45) is 5.66. The minimum atomic E-state index is -0.342. The number of aromatic nitrogens is 1. The van der Waals surface area contributed by atoms with Gasteiger partial charge in [-0.25, -0.2) is 0 Å². The van der Waals surface area contributed by atoms with E-state index < -0.39 is 0 Å². The molecule has 2 atom stereocenters. The summed E-state index contributed by atoms with van der Waals surface area (Å²) in [5, 5.41) is 9.89. The number of hydrogen-bond donors (Lipinski definition) is 0. The molecule has 0 aliphatic carbocycles. The molecule has 0 saturated carbocycles. The summed E-state index contributed by atoms with van der Waals surface area (Å²) in [5.74, 6) is -0.0628. The lowest BCUT2D eigenvalue weighted by atomic mass is 9.96. The van der Waals surface area contributed by atoms with Crippen molar-refractivity contribution < 1.29 is 14.3 Å². The van der Waals surface area contributed by atoms with Crippen LogP contribution in [0.5, 0.6) is 0 Å². The number of unbranched alkanes of at least 4 members (excludes halogenated alkanes) is 1. The molecule has 2 fully saturated rings. The van der Waals surface area contributed by atoms with Crippen molar-refractivity contribution >= 4 is 52.1 Å². The number of anilines is 1. The Morgan fingerprint density at radius 1 is 1.32 bits per heavy atom. The van der Waals surface area contributed by atoms with Gasteiger partial charge in [-0.3, -0.25) is 23.9 Å². The highest BCUT2D eigenvalue weighted by Crippen LogP contribution is 2.38. The molecular formula is C27H36N4O4S2. The average molecular weight is 545 g/mol. The Balaban J connectivity index is 2.22. The zero-order chi connectivity index (χ0) is 27.3. The van der Waals surface area contributed by atoms with E-state index in [9.17, 15) is 19.6 Å². The molecule has 1 aromatic rings. The number of nitrogens with zero attached hydrogens (tertiary/aromatic N) is 4. The van der Waals surface area contributed by atoms with E-state index >= 15 is 0 Å². The van der Waals surface area contributed by atoms with Gasteiger partial charge in [0.05, 0.1) is 17.4 Å². The van der Waals surface area contributed by atoms with Gasteiger partial charge in [-0.15, -0.1) is 0 Å². The molecule has 2 aliphatic rings. The van der Waals surface area contributed by atoms with Crippen molar-refractivity contribution in [2.24, 2.45) is 5.92 Å². The van der Waals surface area contributed by atoms with Crippen LogP contribution in [-0.2, 0) is 20.9 Å². The second-order valence-corrected chi connectivity index (χ2v) is 11.2. The van der Waals surface area contributed by atoms with Crippen LogP contribution in [0.1, 0.15) is 76.5 Å². The third kappa shape index (κ3) is 5.93. The fraction of sp³-hybridized carbons (Fsp3) is 0.593. The molecular weight excluding hydrogens is 508 g/mol. The van der Waals surface area contributed by atoms with Gasteiger partial charge in [0.2, 0.25) is 0 Å². The van der Waals surface area contributed by atoms with Crippen LogP contribution in [0.2, 0.25) is 0 Å². The molecule has 0 radical (unpaired) electrons. The molecule has 2 aliphatic heterocycles. The number of esters is 1. The van der Waals surface area contributed by atoms with Crippen LogP contribution in [0.15, 0.2) is 9.70 Å². The number of ether oxygens (including phenoxy) is 1. The number of pyridine rings is 1. The zero-order valence-corrected chi connectivity index (χ0v) is 24.0. The number of amides is 1. The predicted molar refractivity (Wildman–Crippen MR) is 151 cm³/mol. The van der Waals surface area contributed by atoms with E-state index in [1.807, 2.05) is 20.8 Å². The average Bonchev–Trinajstić information content (AvgIpc) is 3.17. The summed E-state index contributed by atoms with van der Waals surface area (Å²) in [6, 6.07) is 2.06. The number of thioether (sulfide) groups is 1. The summed E-state index contributed by atoms with van der Waals surface area (Å²) in [4.78, 5) is 43.6. The Bertz CT molecular complexity index is 1200. The lowest BCUT2D eigenvalue weighted by molar-refractivity contribution is -0.148. The molecule has 1 amide bonds. The highest BCUT2D eigenvalue weighted by molar-refractivity contribution is 8.26. The van der Waals surface area contributed by atoms with Crippen molar-refractivity contribution in [2.75, 3.05) is 24.6 Å². The van der Waals surface area contributed by atoms with Crippen molar-refractivity contribution in [3.05, 3.63) is 31.9 Å². The van der Waals surface area contributed by atoms with E-state index in [1.165, 1.54) is 11.8 Å². The number of hydrogen-bond acceptors (Lipinski definition) is 8. The third-order valence-corrected chi connectivity index (χ3v) is 8.38. The van der Waals surface area contributed by atoms with Crippen LogP contribution in [-0.4, -0.2) is 51.4 Å². The fourth-order valence-corrected chi connectivity index (χ4v) is 6.25. The third-order valence-electron chi connectivity index (χ3n) is 7.05. The predicted octanol–water partition coefficient (Wildman–Crippen LogP) is 4.61. The lowest BCUT2D eigenvalue weighted by Crippen LogP contribution is -2.43. The van der Waals surface area contributed by atoms with Gasteiger partial charge in [0.25, 0.3) is 11.5 Å². The Morgan fingerprint density at radius 3 is 2.68 bits per heavy atom. The first-order valence-electron chi connectivity index (χ1n) is 13.1. The van der Waals surface area contributed by atoms with Gasteiger partial charge in [-0.2, -0.15) is 5.26 Å². The van der Waals surface area contributed by atoms with E-state index in [0.29, 0.717) is 58.8 Å². The van der Waals surface area contributed by atoms with Gasteiger partial charge < -0.3 is 9.64 Å². The maximum atomic E-state index is 13.5.